The van der Waals surface area contributed by atoms with E-state index in [0.29, 0.717) is 49.4 Å². The lowest BCUT2D eigenvalue weighted by atomic mass is 10.1. The Morgan fingerprint density at radius 2 is 1.94 bits per heavy atom. The van der Waals surface area contributed by atoms with Crippen molar-refractivity contribution in [1.29, 1.82) is 0 Å². The second kappa shape index (κ2) is 9.42. The number of pyridine rings is 1. The highest BCUT2D eigenvalue weighted by Gasteiger charge is 2.26. The van der Waals surface area contributed by atoms with Gasteiger partial charge in [-0.2, -0.15) is 0 Å². The number of aryl methyl sites for hydroxylation is 1. The molecule has 0 spiro atoms. The molecule has 2 aromatic heterocycles. The maximum Gasteiger partial charge on any atom is 0.255 e. The van der Waals surface area contributed by atoms with E-state index in [2.05, 4.69) is 15.3 Å². The molecule has 0 saturated carbocycles. The summed E-state index contributed by atoms with van der Waals surface area (Å²) in [6.45, 7) is 1.54. The zero-order chi connectivity index (χ0) is 21.6. The lowest BCUT2D eigenvalue weighted by Gasteiger charge is -2.32. The van der Waals surface area contributed by atoms with Crippen LogP contribution in [0.25, 0.3) is 0 Å². The number of hydrogen-bond donors (Lipinski definition) is 1. The zero-order valence-electron chi connectivity index (χ0n) is 17.4. The Balaban J connectivity index is 1.34. The van der Waals surface area contributed by atoms with Crippen LogP contribution in [0.15, 0.2) is 61.2 Å². The van der Waals surface area contributed by atoms with Crippen LogP contribution in [0.5, 0.6) is 5.75 Å². The number of para-hydroxylation sites is 1. The first-order valence-electron chi connectivity index (χ1n) is 10.3. The number of piperidine rings is 1. The molecular formula is C23H25N5O3. The topological polar surface area (TPSA) is 89.4 Å². The second-order valence-electron chi connectivity index (χ2n) is 7.48. The normalized spacial score (nSPS) is 14.3. The van der Waals surface area contributed by atoms with Crippen molar-refractivity contribution in [2.24, 2.45) is 7.05 Å². The van der Waals surface area contributed by atoms with E-state index in [1.807, 2.05) is 40.9 Å². The highest BCUT2D eigenvalue weighted by Crippen LogP contribution is 2.24. The first kappa shape index (κ1) is 20.6. The molecule has 1 saturated heterocycles. The van der Waals surface area contributed by atoms with Crippen LogP contribution < -0.4 is 10.1 Å². The van der Waals surface area contributed by atoms with Crippen molar-refractivity contribution < 1.29 is 14.3 Å². The van der Waals surface area contributed by atoms with Crippen LogP contribution in [0.2, 0.25) is 0 Å². The molecule has 1 aliphatic heterocycles. The number of nitrogens with zero attached hydrogens (tertiary/aromatic N) is 4. The number of carbonyl (C=O) groups is 2. The molecule has 8 heteroatoms. The summed E-state index contributed by atoms with van der Waals surface area (Å²) < 4.78 is 8.03. The third kappa shape index (κ3) is 4.91. The minimum atomic E-state index is -0.206. The molecule has 1 fully saturated rings. The van der Waals surface area contributed by atoms with E-state index in [9.17, 15) is 9.59 Å². The number of benzene rings is 1. The number of aromatic nitrogens is 3. The van der Waals surface area contributed by atoms with Crippen LogP contribution in [0.4, 0.5) is 0 Å². The van der Waals surface area contributed by atoms with Gasteiger partial charge < -0.3 is 19.5 Å². The molecule has 31 heavy (non-hydrogen) atoms. The van der Waals surface area contributed by atoms with Crippen molar-refractivity contribution in [2.75, 3.05) is 13.1 Å². The van der Waals surface area contributed by atoms with Crippen molar-refractivity contribution in [1.82, 2.24) is 24.8 Å². The smallest absolute Gasteiger partial charge is 0.255 e. The molecule has 160 valence electrons. The summed E-state index contributed by atoms with van der Waals surface area (Å²) in [6, 6.07) is 10.8. The number of rotatable bonds is 6. The van der Waals surface area contributed by atoms with Crippen LogP contribution in [0.1, 0.15) is 39.4 Å². The summed E-state index contributed by atoms with van der Waals surface area (Å²) in [7, 11) is 1.89. The molecule has 0 aliphatic carbocycles. The monoisotopic (exact) mass is 419 g/mol. The molecule has 0 bridgehead atoms. The second-order valence-corrected chi connectivity index (χ2v) is 7.48. The number of hydrogen-bond acceptors (Lipinski definition) is 5. The molecule has 1 N–H and O–H groups in total. The molecule has 1 aromatic carbocycles. The molecule has 0 radical (unpaired) electrons. The van der Waals surface area contributed by atoms with E-state index in [4.69, 9.17) is 4.74 Å². The number of nitrogens with one attached hydrogen (secondary N) is 1. The molecule has 1 aliphatic rings. The summed E-state index contributed by atoms with van der Waals surface area (Å²) in [4.78, 5) is 35.4. The van der Waals surface area contributed by atoms with Gasteiger partial charge in [0.15, 0.2) is 0 Å². The van der Waals surface area contributed by atoms with Crippen molar-refractivity contribution in [3.63, 3.8) is 0 Å². The maximum absolute atomic E-state index is 12.7. The van der Waals surface area contributed by atoms with Gasteiger partial charge in [-0.25, -0.2) is 4.98 Å². The van der Waals surface area contributed by atoms with E-state index in [1.54, 1.807) is 36.8 Å². The highest BCUT2D eigenvalue weighted by molar-refractivity contribution is 5.96. The first-order valence-corrected chi connectivity index (χ1v) is 10.3. The van der Waals surface area contributed by atoms with Crippen molar-refractivity contribution in [3.8, 4) is 5.75 Å². The number of imidazole rings is 1. The minimum Gasteiger partial charge on any atom is -0.489 e. The van der Waals surface area contributed by atoms with E-state index in [1.165, 1.54) is 0 Å². The van der Waals surface area contributed by atoms with Gasteiger partial charge in [0.25, 0.3) is 11.8 Å². The average molecular weight is 419 g/mol. The van der Waals surface area contributed by atoms with Gasteiger partial charge in [-0.05, 0) is 24.3 Å². The van der Waals surface area contributed by atoms with Gasteiger partial charge in [0, 0.05) is 57.8 Å². The van der Waals surface area contributed by atoms with Gasteiger partial charge in [-0.15, -0.1) is 0 Å². The van der Waals surface area contributed by atoms with Crippen LogP contribution in [0.3, 0.4) is 0 Å². The van der Waals surface area contributed by atoms with E-state index in [0.717, 1.165) is 5.82 Å². The molecule has 0 unspecified atom stereocenters. The van der Waals surface area contributed by atoms with E-state index in [-0.39, 0.29) is 17.9 Å². The van der Waals surface area contributed by atoms with Gasteiger partial charge in [-0.1, -0.05) is 12.1 Å². The Morgan fingerprint density at radius 3 is 2.65 bits per heavy atom. The van der Waals surface area contributed by atoms with E-state index < -0.39 is 0 Å². The summed E-state index contributed by atoms with van der Waals surface area (Å²) in [6.07, 6.45) is 8.13. The fraction of sp³-hybridized carbons (Fsp3) is 0.304. The van der Waals surface area contributed by atoms with Gasteiger partial charge in [0.1, 0.15) is 17.7 Å². The Hall–Kier alpha value is -3.68. The first-order chi connectivity index (χ1) is 15.1. The SMILES string of the molecule is Cn1ccnc1CNC(=O)c1ccccc1OC1CCN(C(=O)c2cccnc2)CC1. The lowest BCUT2D eigenvalue weighted by Crippen LogP contribution is -2.42. The summed E-state index contributed by atoms with van der Waals surface area (Å²) in [5, 5.41) is 2.90. The van der Waals surface area contributed by atoms with Crippen LogP contribution in [-0.4, -0.2) is 50.4 Å². The molecule has 4 rings (SSSR count). The molecular weight excluding hydrogens is 394 g/mol. The quantitative estimate of drug-likeness (QED) is 0.663. The summed E-state index contributed by atoms with van der Waals surface area (Å²) in [5.74, 6) is 1.11. The largest absolute Gasteiger partial charge is 0.489 e. The maximum atomic E-state index is 12.7. The number of amides is 2. The number of carbonyl (C=O) groups excluding carboxylic acids is 2. The Bertz CT molecular complexity index is 1040. The minimum absolute atomic E-state index is 0.0133. The Kier molecular flexibility index (Phi) is 6.26. The lowest BCUT2D eigenvalue weighted by molar-refractivity contribution is 0.0593. The van der Waals surface area contributed by atoms with Crippen molar-refractivity contribution >= 4 is 11.8 Å². The third-order valence-corrected chi connectivity index (χ3v) is 5.39. The standard InChI is InChI=1S/C23H25N5O3/c1-27-14-11-25-21(27)16-26-22(29)19-6-2-3-7-20(19)31-18-8-12-28(13-9-18)23(30)17-5-4-10-24-15-17/h2-7,10-11,14-15,18H,8-9,12-13,16H2,1H3,(H,26,29). The fourth-order valence-electron chi connectivity index (χ4n) is 3.61. The van der Waals surface area contributed by atoms with Crippen molar-refractivity contribution in [2.45, 2.75) is 25.5 Å². The predicted molar refractivity (Wildman–Crippen MR) is 115 cm³/mol. The summed E-state index contributed by atoms with van der Waals surface area (Å²) in [5.41, 5.74) is 1.09. The predicted octanol–water partition coefficient (Wildman–Crippen LogP) is 2.43. The highest BCUT2D eigenvalue weighted by atomic mass is 16.5. The molecule has 8 nitrogen and oxygen atoms in total. The van der Waals surface area contributed by atoms with Gasteiger partial charge in [-0.3, -0.25) is 14.6 Å². The fourth-order valence-corrected chi connectivity index (χ4v) is 3.61. The number of likely N-dealkylation sites (tertiary alicyclic amines) is 1. The van der Waals surface area contributed by atoms with Gasteiger partial charge >= 0.3 is 0 Å². The average Bonchev–Trinajstić information content (AvgIpc) is 3.23. The van der Waals surface area contributed by atoms with Crippen LogP contribution >= 0.6 is 0 Å². The molecule has 3 heterocycles. The van der Waals surface area contributed by atoms with Crippen LogP contribution in [0, 0.1) is 0 Å². The van der Waals surface area contributed by atoms with Crippen molar-refractivity contribution in [3.05, 3.63) is 78.1 Å². The molecule has 2 amide bonds. The number of ether oxygens (including phenoxy) is 1. The molecule has 3 aromatic rings. The Morgan fingerprint density at radius 1 is 1.13 bits per heavy atom. The van der Waals surface area contributed by atoms with Gasteiger partial charge in [0.05, 0.1) is 17.7 Å². The third-order valence-electron chi connectivity index (χ3n) is 5.39. The van der Waals surface area contributed by atoms with E-state index >= 15 is 0 Å². The zero-order valence-corrected chi connectivity index (χ0v) is 17.4. The molecule has 0 atom stereocenters. The van der Waals surface area contributed by atoms with Gasteiger partial charge in [0.2, 0.25) is 0 Å². The Labute approximate surface area is 180 Å². The van der Waals surface area contributed by atoms with Crippen LogP contribution in [-0.2, 0) is 13.6 Å². The summed E-state index contributed by atoms with van der Waals surface area (Å²) >= 11 is 0.